The molecule has 1 saturated heterocycles. The molecule has 3 nitrogen and oxygen atoms in total. The van der Waals surface area contributed by atoms with Gasteiger partial charge in [-0.25, -0.2) is 5.01 Å². The zero-order valence-corrected chi connectivity index (χ0v) is 13.7. The summed E-state index contributed by atoms with van der Waals surface area (Å²) < 4.78 is 41.3. The Hall–Kier alpha value is -2.05. The van der Waals surface area contributed by atoms with Gasteiger partial charge in [0.05, 0.1) is 6.04 Å². The van der Waals surface area contributed by atoms with Gasteiger partial charge in [0.2, 0.25) is 0 Å². The van der Waals surface area contributed by atoms with E-state index in [0.717, 1.165) is 30.5 Å². The number of hydrogen-bond acceptors (Lipinski definition) is 3. The number of piperidine rings is 1. The molecule has 0 spiro atoms. The van der Waals surface area contributed by atoms with Gasteiger partial charge in [0.1, 0.15) is 5.75 Å². The van der Waals surface area contributed by atoms with Gasteiger partial charge in [0, 0.05) is 6.54 Å². The molecule has 0 unspecified atom stereocenters. The van der Waals surface area contributed by atoms with Crippen LogP contribution in [0.15, 0.2) is 54.6 Å². The van der Waals surface area contributed by atoms with Crippen molar-refractivity contribution in [3.63, 3.8) is 0 Å². The molecule has 134 valence electrons. The normalized spacial score (nSPS) is 21.9. The summed E-state index contributed by atoms with van der Waals surface area (Å²) in [5.41, 5.74) is 1.96. The summed E-state index contributed by atoms with van der Waals surface area (Å²) in [5.74, 6) is 6.29. The van der Waals surface area contributed by atoms with Crippen molar-refractivity contribution in [3.8, 4) is 5.75 Å². The first-order valence-corrected chi connectivity index (χ1v) is 8.33. The minimum atomic E-state index is -4.68. The number of alkyl halides is 3. The fraction of sp³-hybridized carbons (Fsp3) is 0.368. The number of halogens is 3. The van der Waals surface area contributed by atoms with Crippen molar-refractivity contribution in [1.29, 1.82) is 0 Å². The lowest BCUT2D eigenvalue weighted by molar-refractivity contribution is -0.274. The second-order valence-electron chi connectivity index (χ2n) is 6.39. The molecule has 0 radical (unpaired) electrons. The molecule has 0 amide bonds. The molecule has 1 heterocycles. The van der Waals surface area contributed by atoms with Crippen molar-refractivity contribution < 1.29 is 17.9 Å². The smallest absolute Gasteiger partial charge is 0.406 e. The van der Waals surface area contributed by atoms with Crippen LogP contribution in [0.4, 0.5) is 13.2 Å². The maximum atomic E-state index is 12.4. The first kappa shape index (κ1) is 17.8. The second-order valence-corrected chi connectivity index (χ2v) is 6.39. The molecule has 2 aromatic rings. The SMILES string of the molecule is NN1CCC[C@@H](Cc2cccc(OC(F)(F)F)c2)[C@H]1c1ccccc1. The summed E-state index contributed by atoms with van der Waals surface area (Å²) in [7, 11) is 0. The van der Waals surface area contributed by atoms with Crippen LogP contribution in [0.2, 0.25) is 0 Å². The summed E-state index contributed by atoms with van der Waals surface area (Å²) in [6, 6.07) is 16.3. The number of benzene rings is 2. The average Bonchev–Trinajstić information content (AvgIpc) is 2.54. The molecule has 0 saturated carbocycles. The van der Waals surface area contributed by atoms with Crippen molar-refractivity contribution in [2.45, 2.75) is 31.7 Å². The second kappa shape index (κ2) is 7.45. The summed E-state index contributed by atoms with van der Waals surface area (Å²) in [6.07, 6.45) is -2.06. The van der Waals surface area contributed by atoms with Crippen molar-refractivity contribution in [1.82, 2.24) is 5.01 Å². The molecule has 1 fully saturated rings. The minimum absolute atomic E-state index is 0.0575. The summed E-state index contributed by atoms with van der Waals surface area (Å²) in [4.78, 5) is 0. The van der Waals surface area contributed by atoms with E-state index in [0.29, 0.717) is 6.42 Å². The number of nitrogens with zero attached hydrogens (tertiary/aromatic N) is 1. The maximum Gasteiger partial charge on any atom is 0.573 e. The van der Waals surface area contributed by atoms with Crippen molar-refractivity contribution >= 4 is 0 Å². The Labute approximate surface area is 145 Å². The molecule has 0 bridgehead atoms. The molecule has 0 aromatic heterocycles. The van der Waals surface area contributed by atoms with Crippen molar-refractivity contribution in [2.24, 2.45) is 11.8 Å². The number of ether oxygens (including phenoxy) is 1. The van der Waals surface area contributed by atoms with E-state index in [1.807, 2.05) is 41.4 Å². The molecule has 1 aliphatic rings. The van der Waals surface area contributed by atoms with Crippen LogP contribution in [0.1, 0.15) is 30.0 Å². The Balaban J connectivity index is 1.79. The van der Waals surface area contributed by atoms with E-state index in [4.69, 9.17) is 5.84 Å². The van der Waals surface area contributed by atoms with E-state index in [9.17, 15) is 13.2 Å². The van der Waals surface area contributed by atoms with Crippen molar-refractivity contribution in [2.75, 3.05) is 6.54 Å². The lowest BCUT2D eigenvalue weighted by Gasteiger charge is -2.39. The van der Waals surface area contributed by atoms with Gasteiger partial charge in [-0.3, -0.25) is 5.84 Å². The molecular weight excluding hydrogens is 329 g/mol. The van der Waals surface area contributed by atoms with Gasteiger partial charge in [-0.15, -0.1) is 13.2 Å². The van der Waals surface area contributed by atoms with E-state index >= 15 is 0 Å². The van der Waals surface area contributed by atoms with E-state index in [2.05, 4.69) is 4.74 Å². The predicted octanol–water partition coefficient (Wildman–Crippen LogP) is 4.45. The van der Waals surface area contributed by atoms with E-state index in [1.165, 1.54) is 12.1 Å². The fourth-order valence-corrected chi connectivity index (χ4v) is 3.60. The van der Waals surface area contributed by atoms with Crippen LogP contribution in [0.5, 0.6) is 5.75 Å². The van der Waals surface area contributed by atoms with Crippen molar-refractivity contribution in [3.05, 3.63) is 65.7 Å². The van der Waals surface area contributed by atoms with Crippen LogP contribution >= 0.6 is 0 Å². The van der Waals surface area contributed by atoms with E-state index in [1.54, 1.807) is 6.07 Å². The molecule has 3 rings (SSSR count). The highest BCUT2D eigenvalue weighted by Crippen LogP contribution is 2.36. The standard InChI is InChI=1S/C19H21F3N2O/c20-19(21,22)25-17-10-4-6-14(13-17)12-16-9-5-11-24(23)18(16)15-7-2-1-3-8-15/h1-4,6-8,10,13,16,18H,5,9,11-12,23H2/t16-,18+/m0/s1. The zero-order valence-electron chi connectivity index (χ0n) is 13.7. The Morgan fingerprint density at radius 1 is 1.08 bits per heavy atom. The third kappa shape index (κ3) is 4.74. The van der Waals surface area contributed by atoms with Gasteiger partial charge in [-0.2, -0.15) is 0 Å². The maximum absolute atomic E-state index is 12.4. The van der Waals surface area contributed by atoms with Crippen LogP contribution in [-0.2, 0) is 6.42 Å². The monoisotopic (exact) mass is 350 g/mol. The van der Waals surface area contributed by atoms with Gasteiger partial charge in [-0.1, -0.05) is 42.5 Å². The molecule has 25 heavy (non-hydrogen) atoms. The third-order valence-electron chi connectivity index (χ3n) is 4.57. The number of nitrogens with two attached hydrogens (primary N) is 1. The molecule has 2 atom stereocenters. The molecule has 6 heteroatoms. The number of hydrazine groups is 1. The van der Waals surface area contributed by atoms with Crippen LogP contribution < -0.4 is 10.6 Å². The van der Waals surface area contributed by atoms with Gasteiger partial charge in [0.15, 0.2) is 0 Å². The number of hydrogen-bond donors (Lipinski definition) is 1. The zero-order chi connectivity index (χ0) is 17.9. The minimum Gasteiger partial charge on any atom is -0.406 e. The fourth-order valence-electron chi connectivity index (χ4n) is 3.60. The first-order chi connectivity index (χ1) is 11.9. The van der Waals surface area contributed by atoms with Gasteiger partial charge in [-0.05, 0) is 48.4 Å². The Morgan fingerprint density at radius 2 is 1.84 bits per heavy atom. The van der Waals surface area contributed by atoms with Gasteiger partial charge in [0.25, 0.3) is 0 Å². The highest BCUT2D eigenvalue weighted by molar-refractivity contribution is 5.30. The summed E-state index contributed by atoms with van der Waals surface area (Å²) >= 11 is 0. The van der Waals surface area contributed by atoms with E-state index in [-0.39, 0.29) is 17.7 Å². The topological polar surface area (TPSA) is 38.5 Å². The first-order valence-electron chi connectivity index (χ1n) is 8.33. The third-order valence-corrected chi connectivity index (χ3v) is 4.57. The Bertz CT molecular complexity index is 691. The quantitative estimate of drug-likeness (QED) is 0.828. The molecule has 1 aliphatic heterocycles. The van der Waals surface area contributed by atoms with E-state index < -0.39 is 6.36 Å². The molecule has 0 aliphatic carbocycles. The average molecular weight is 350 g/mol. The molecule has 2 aromatic carbocycles. The highest BCUT2D eigenvalue weighted by Gasteiger charge is 2.32. The van der Waals surface area contributed by atoms with Crippen LogP contribution in [-0.4, -0.2) is 17.9 Å². The Morgan fingerprint density at radius 3 is 2.56 bits per heavy atom. The lowest BCUT2D eigenvalue weighted by atomic mass is 9.81. The van der Waals surface area contributed by atoms with Crippen LogP contribution in [0.3, 0.4) is 0 Å². The lowest BCUT2D eigenvalue weighted by Crippen LogP contribution is -2.44. The largest absolute Gasteiger partial charge is 0.573 e. The van der Waals surface area contributed by atoms with Crippen LogP contribution in [0, 0.1) is 5.92 Å². The summed E-state index contributed by atoms with van der Waals surface area (Å²) in [5, 5.41) is 1.85. The summed E-state index contributed by atoms with van der Waals surface area (Å²) in [6.45, 7) is 0.813. The highest BCUT2D eigenvalue weighted by atomic mass is 19.4. The Kier molecular flexibility index (Phi) is 5.30. The predicted molar refractivity (Wildman–Crippen MR) is 89.6 cm³/mol. The number of rotatable bonds is 4. The molecule has 2 N–H and O–H groups in total. The van der Waals surface area contributed by atoms with Gasteiger partial charge >= 0.3 is 6.36 Å². The van der Waals surface area contributed by atoms with Gasteiger partial charge < -0.3 is 4.74 Å². The van der Waals surface area contributed by atoms with Crippen LogP contribution in [0.25, 0.3) is 0 Å². The molecular formula is C19H21F3N2O.